The second-order valence-electron chi connectivity index (χ2n) is 4.61. The maximum Gasteiger partial charge on any atom is 0.0541 e. The van der Waals surface area contributed by atoms with Gasteiger partial charge in [0, 0.05) is 11.1 Å². The highest BCUT2D eigenvalue weighted by Crippen LogP contribution is 2.34. The zero-order valence-electron chi connectivity index (χ0n) is 9.32. The predicted octanol–water partition coefficient (Wildman–Crippen LogP) is 1.76. The van der Waals surface area contributed by atoms with Crippen molar-refractivity contribution in [3.63, 3.8) is 0 Å². The van der Waals surface area contributed by atoms with Crippen LogP contribution in [0.25, 0.3) is 0 Å². The summed E-state index contributed by atoms with van der Waals surface area (Å²) >= 11 is 0. The number of terminal acetylenes is 1. The molecular formula is C14H17NO. The summed E-state index contributed by atoms with van der Waals surface area (Å²) in [6, 6.07) is 7.86. The lowest BCUT2D eigenvalue weighted by atomic mass is 9.76. The second-order valence-corrected chi connectivity index (χ2v) is 4.61. The van der Waals surface area contributed by atoms with Crippen molar-refractivity contribution in [3.8, 4) is 12.3 Å². The average Bonchev–Trinajstić information content (AvgIpc) is 2.33. The quantitative estimate of drug-likeness (QED) is 0.701. The summed E-state index contributed by atoms with van der Waals surface area (Å²) in [5, 5.41) is 9.49. The minimum atomic E-state index is -0.285. The molecule has 2 nitrogen and oxygen atoms in total. The van der Waals surface area contributed by atoms with Gasteiger partial charge in [0.2, 0.25) is 0 Å². The summed E-state index contributed by atoms with van der Waals surface area (Å²) in [5.74, 6) is 2.60. The van der Waals surface area contributed by atoms with Crippen molar-refractivity contribution in [2.45, 2.75) is 37.3 Å². The van der Waals surface area contributed by atoms with Gasteiger partial charge in [0.1, 0.15) is 0 Å². The number of hydrogen-bond acceptors (Lipinski definition) is 2. The molecular weight excluding hydrogens is 198 g/mol. The number of benzene rings is 1. The van der Waals surface area contributed by atoms with Gasteiger partial charge in [-0.05, 0) is 43.4 Å². The molecule has 0 radical (unpaired) electrons. The molecule has 0 amide bonds. The van der Waals surface area contributed by atoms with Crippen LogP contribution in [0.2, 0.25) is 0 Å². The molecule has 1 saturated carbocycles. The van der Waals surface area contributed by atoms with Crippen LogP contribution in [0, 0.1) is 12.3 Å². The standard InChI is InChI=1S/C14H17NO/c1-2-11-3-5-12(6-4-11)14(15)9-7-13(16)8-10-14/h1,3-6,13,16H,7-10,15H2. The van der Waals surface area contributed by atoms with Gasteiger partial charge in [0.05, 0.1) is 6.10 Å². The lowest BCUT2D eigenvalue weighted by Crippen LogP contribution is -2.41. The third-order valence-corrected chi connectivity index (χ3v) is 3.47. The number of aliphatic hydroxyl groups excluding tert-OH is 1. The van der Waals surface area contributed by atoms with E-state index in [4.69, 9.17) is 12.2 Å². The third-order valence-electron chi connectivity index (χ3n) is 3.47. The van der Waals surface area contributed by atoms with E-state index in [9.17, 15) is 5.11 Å². The van der Waals surface area contributed by atoms with Crippen LogP contribution in [0.5, 0.6) is 0 Å². The number of aliphatic hydroxyl groups is 1. The SMILES string of the molecule is C#Cc1ccc(C2(N)CCC(O)CC2)cc1. The molecule has 1 aromatic rings. The van der Waals surface area contributed by atoms with Gasteiger partial charge in [-0.15, -0.1) is 6.42 Å². The van der Waals surface area contributed by atoms with Crippen molar-refractivity contribution in [1.82, 2.24) is 0 Å². The van der Waals surface area contributed by atoms with E-state index in [2.05, 4.69) is 5.92 Å². The fraction of sp³-hybridized carbons (Fsp3) is 0.429. The largest absolute Gasteiger partial charge is 0.393 e. The van der Waals surface area contributed by atoms with Crippen LogP contribution in [-0.2, 0) is 5.54 Å². The molecule has 16 heavy (non-hydrogen) atoms. The van der Waals surface area contributed by atoms with Gasteiger partial charge in [0.15, 0.2) is 0 Å². The zero-order chi connectivity index (χ0) is 11.6. The Morgan fingerprint density at radius 2 is 1.81 bits per heavy atom. The molecule has 0 saturated heterocycles. The molecule has 1 fully saturated rings. The van der Waals surface area contributed by atoms with E-state index in [1.807, 2.05) is 24.3 Å². The lowest BCUT2D eigenvalue weighted by molar-refractivity contribution is 0.0969. The maximum absolute atomic E-state index is 9.49. The molecule has 1 aliphatic carbocycles. The molecule has 2 heteroatoms. The molecule has 0 atom stereocenters. The highest BCUT2D eigenvalue weighted by molar-refractivity contribution is 5.36. The summed E-state index contributed by atoms with van der Waals surface area (Å²) in [4.78, 5) is 0. The topological polar surface area (TPSA) is 46.2 Å². The Morgan fingerprint density at radius 1 is 1.25 bits per heavy atom. The van der Waals surface area contributed by atoms with Gasteiger partial charge in [-0.1, -0.05) is 18.1 Å². The van der Waals surface area contributed by atoms with Crippen molar-refractivity contribution >= 4 is 0 Å². The Balaban J connectivity index is 2.20. The Morgan fingerprint density at radius 3 is 2.31 bits per heavy atom. The average molecular weight is 215 g/mol. The minimum Gasteiger partial charge on any atom is -0.393 e. The molecule has 0 unspecified atom stereocenters. The van der Waals surface area contributed by atoms with Crippen LogP contribution < -0.4 is 5.73 Å². The van der Waals surface area contributed by atoms with Crippen LogP contribution in [0.1, 0.15) is 36.8 Å². The molecule has 1 aliphatic rings. The highest BCUT2D eigenvalue weighted by Gasteiger charge is 2.32. The van der Waals surface area contributed by atoms with Gasteiger partial charge in [-0.25, -0.2) is 0 Å². The van der Waals surface area contributed by atoms with Crippen molar-refractivity contribution in [2.75, 3.05) is 0 Å². The minimum absolute atomic E-state index is 0.179. The fourth-order valence-corrected chi connectivity index (χ4v) is 2.30. The van der Waals surface area contributed by atoms with Gasteiger partial charge in [-0.3, -0.25) is 0 Å². The monoisotopic (exact) mass is 215 g/mol. The van der Waals surface area contributed by atoms with Crippen LogP contribution in [0.15, 0.2) is 24.3 Å². The molecule has 0 spiro atoms. The summed E-state index contributed by atoms with van der Waals surface area (Å²) in [7, 11) is 0. The Labute approximate surface area is 96.5 Å². The van der Waals surface area contributed by atoms with E-state index < -0.39 is 0 Å². The zero-order valence-corrected chi connectivity index (χ0v) is 9.32. The number of rotatable bonds is 1. The van der Waals surface area contributed by atoms with Gasteiger partial charge < -0.3 is 10.8 Å². The van der Waals surface area contributed by atoms with E-state index >= 15 is 0 Å². The van der Waals surface area contributed by atoms with Gasteiger partial charge in [-0.2, -0.15) is 0 Å². The predicted molar refractivity (Wildman–Crippen MR) is 64.7 cm³/mol. The Hall–Kier alpha value is -1.30. The lowest BCUT2D eigenvalue weighted by Gasteiger charge is -2.36. The summed E-state index contributed by atoms with van der Waals surface area (Å²) < 4.78 is 0. The molecule has 2 rings (SSSR count). The first kappa shape index (κ1) is 11.2. The van der Waals surface area contributed by atoms with Crippen molar-refractivity contribution in [2.24, 2.45) is 5.73 Å². The van der Waals surface area contributed by atoms with Crippen LogP contribution in [0.4, 0.5) is 0 Å². The Bertz CT molecular complexity index is 394. The third kappa shape index (κ3) is 2.11. The maximum atomic E-state index is 9.49. The van der Waals surface area contributed by atoms with E-state index in [-0.39, 0.29) is 11.6 Å². The highest BCUT2D eigenvalue weighted by atomic mass is 16.3. The smallest absolute Gasteiger partial charge is 0.0541 e. The molecule has 0 heterocycles. The van der Waals surface area contributed by atoms with Crippen LogP contribution >= 0.6 is 0 Å². The van der Waals surface area contributed by atoms with Crippen molar-refractivity contribution < 1.29 is 5.11 Å². The molecule has 84 valence electrons. The van der Waals surface area contributed by atoms with Crippen LogP contribution in [0.3, 0.4) is 0 Å². The molecule has 0 aliphatic heterocycles. The van der Waals surface area contributed by atoms with Gasteiger partial charge in [0.25, 0.3) is 0 Å². The summed E-state index contributed by atoms with van der Waals surface area (Å²) in [6.45, 7) is 0. The first-order valence-electron chi connectivity index (χ1n) is 5.68. The molecule has 0 bridgehead atoms. The molecule has 0 aromatic heterocycles. The fourth-order valence-electron chi connectivity index (χ4n) is 2.30. The second kappa shape index (κ2) is 4.29. The van der Waals surface area contributed by atoms with E-state index in [0.29, 0.717) is 0 Å². The van der Waals surface area contributed by atoms with E-state index in [0.717, 1.165) is 36.8 Å². The number of nitrogens with two attached hydrogens (primary N) is 1. The molecule has 3 N–H and O–H groups in total. The van der Waals surface area contributed by atoms with Crippen molar-refractivity contribution in [3.05, 3.63) is 35.4 Å². The van der Waals surface area contributed by atoms with Gasteiger partial charge >= 0.3 is 0 Å². The normalized spacial score (nSPS) is 29.7. The first-order valence-corrected chi connectivity index (χ1v) is 5.68. The van der Waals surface area contributed by atoms with Crippen LogP contribution in [-0.4, -0.2) is 11.2 Å². The van der Waals surface area contributed by atoms with Crippen molar-refractivity contribution in [1.29, 1.82) is 0 Å². The van der Waals surface area contributed by atoms with E-state index in [1.165, 1.54) is 0 Å². The number of hydrogen-bond donors (Lipinski definition) is 2. The Kier molecular flexibility index (Phi) is 3.00. The first-order chi connectivity index (χ1) is 7.64. The summed E-state index contributed by atoms with van der Waals surface area (Å²) in [5.41, 5.74) is 8.09. The van der Waals surface area contributed by atoms with E-state index in [1.54, 1.807) is 0 Å². The summed E-state index contributed by atoms with van der Waals surface area (Å²) in [6.07, 6.45) is 8.38. The molecule has 1 aromatic carbocycles.